The average Bonchev–Trinajstić information content (AvgIpc) is 2.94. The summed E-state index contributed by atoms with van der Waals surface area (Å²) in [5.74, 6) is -0.0623. The summed E-state index contributed by atoms with van der Waals surface area (Å²) in [5.41, 5.74) is 2.27. The first-order valence-corrected chi connectivity index (χ1v) is 8.08. The van der Waals surface area contributed by atoms with Crippen LogP contribution < -0.4 is 9.47 Å². The van der Waals surface area contributed by atoms with Crippen LogP contribution in [0.4, 0.5) is 4.39 Å². The minimum Gasteiger partial charge on any atom is -0.493 e. The molecule has 1 heterocycles. The number of hydrogen-bond acceptors (Lipinski definition) is 5. The number of carbonyl (C=O) groups excluding carboxylic acids is 1. The Morgan fingerprint density at radius 3 is 2.62 bits per heavy atom. The van der Waals surface area contributed by atoms with Gasteiger partial charge in [0.1, 0.15) is 12.4 Å². The van der Waals surface area contributed by atoms with E-state index in [0.29, 0.717) is 33.4 Å². The summed E-state index contributed by atoms with van der Waals surface area (Å²) in [4.78, 5) is 16.3. The fourth-order valence-corrected chi connectivity index (χ4v) is 2.66. The van der Waals surface area contributed by atoms with Crippen molar-refractivity contribution < 1.29 is 23.5 Å². The topological polar surface area (TPSA) is 57.1 Å². The Morgan fingerprint density at radius 1 is 1.27 bits per heavy atom. The van der Waals surface area contributed by atoms with Crippen LogP contribution in [0.2, 0.25) is 5.02 Å². The number of carbonyl (C=O) groups is 1. The van der Waals surface area contributed by atoms with Gasteiger partial charge < -0.3 is 14.3 Å². The van der Waals surface area contributed by atoms with E-state index in [1.807, 2.05) is 0 Å². The Balaban J connectivity index is 1.85. The maximum Gasteiger partial charge on any atom is 0.367 e. The van der Waals surface area contributed by atoms with Gasteiger partial charge in [-0.25, -0.2) is 9.18 Å². The number of oxime groups is 1. The molecule has 0 spiro atoms. The van der Waals surface area contributed by atoms with Gasteiger partial charge in [-0.3, -0.25) is 0 Å². The summed E-state index contributed by atoms with van der Waals surface area (Å²) in [6.45, 7) is 1.88. The largest absolute Gasteiger partial charge is 0.493 e. The summed E-state index contributed by atoms with van der Waals surface area (Å²) in [7, 11) is 1.49. The molecule has 7 heteroatoms. The molecule has 0 atom stereocenters. The summed E-state index contributed by atoms with van der Waals surface area (Å²) < 4.78 is 24.1. The van der Waals surface area contributed by atoms with Crippen molar-refractivity contribution in [3.63, 3.8) is 0 Å². The van der Waals surface area contributed by atoms with E-state index < -0.39 is 5.97 Å². The summed E-state index contributed by atoms with van der Waals surface area (Å²) in [6, 6.07) is 9.31. The molecule has 0 fully saturated rings. The molecule has 0 bridgehead atoms. The fourth-order valence-electron chi connectivity index (χ4n) is 2.39. The first-order chi connectivity index (χ1) is 12.5. The van der Waals surface area contributed by atoms with Crippen LogP contribution in [-0.4, -0.2) is 18.8 Å². The van der Waals surface area contributed by atoms with Crippen molar-refractivity contribution in [1.82, 2.24) is 0 Å². The van der Waals surface area contributed by atoms with Gasteiger partial charge in [-0.2, -0.15) is 0 Å². The van der Waals surface area contributed by atoms with Crippen LogP contribution in [0, 0.1) is 5.82 Å². The number of halogens is 2. The Labute approximate surface area is 154 Å². The zero-order valence-corrected chi connectivity index (χ0v) is 14.8. The lowest BCUT2D eigenvalue weighted by molar-refractivity contribution is -0.136. The molecule has 1 aliphatic rings. The summed E-state index contributed by atoms with van der Waals surface area (Å²) >= 11 is 6.32. The third-order valence-corrected chi connectivity index (χ3v) is 4.02. The van der Waals surface area contributed by atoms with Gasteiger partial charge in [0.15, 0.2) is 11.5 Å². The number of hydrogen-bond donors (Lipinski definition) is 0. The van der Waals surface area contributed by atoms with Crippen LogP contribution in [0.15, 0.2) is 47.1 Å². The SMILES string of the molecule is COc1cc(/C=C2\C(=O)ON=C2C)cc(Cl)c1OCc1ccc(F)cc1. The monoisotopic (exact) mass is 375 g/mol. The molecule has 3 rings (SSSR count). The molecule has 0 unspecified atom stereocenters. The zero-order valence-electron chi connectivity index (χ0n) is 14.1. The Bertz CT molecular complexity index is 907. The van der Waals surface area contributed by atoms with Crippen LogP contribution in [0.5, 0.6) is 11.5 Å². The third-order valence-electron chi connectivity index (χ3n) is 3.73. The molecule has 0 saturated carbocycles. The normalized spacial score (nSPS) is 15.0. The van der Waals surface area contributed by atoms with Crippen LogP contribution in [0.3, 0.4) is 0 Å². The minimum atomic E-state index is -0.519. The molecule has 134 valence electrons. The zero-order chi connectivity index (χ0) is 18.7. The van der Waals surface area contributed by atoms with E-state index in [0.717, 1.165) is 5.56 Å². The van der Waals surface area contributed by atoms with Crippen molar-refractivity contribution in [2.45, 2.75) is 13.5 Å². The van der Waals surface area contributed by atoms with E-state index in [1.165, 1.54) is 19.2 Å². The predicted molar refractivity (Wildman–Crippen MR) is 95.9 cm³/mol. The van der Waals surface area contributed by atoms with Gasteiger partial charge >= 0.3 is 5.97 Å². The molecule has 2 aromatic carbocycles. The lowest BCUT2D eigenvalue weighted by Gasteiger charge is -2.13. The van der Waals surface area contributed by atoms with E-state index in [2.05, 4.69) is 9.99 Å². The number of nitrogens with zero attached hydrogens (tertiary/aromatic N) is 1. The second kappa shape index (κ2) is 7.58. The smallest absolute Gasteiger partial charge is 0.367 e. The lowest BCUT2D eigenvalue weighted by atomic mass is 10.1. The molecule has 0 saturated heterocycles. The molecule has 2 aromatic rings. The molecule has 0 amide bonds. The van der Waals surface area contributed by atoms with Crippen molar-refractivity contribution in [2.75, 3.05) is 7.11 Å². The summed E-state index contributed by atoms with van der Waals surface area (Å²) in [6.07, 6.45) is 1.62. The van der Waals surface area contributed by atoms with Gasteiger partial charge in [0.2, 0.25) is 0 Å². The van der Waals surface area contributed by atoms with Crippen LogP contribution >= 0.6 is 11.6 Å². The quantitative estimate of drug-likeness (QED) is 0.574. The van der Waals surface area contributed by atoms with Crippen molar-refractivity contribution in [3.8, 4) is 11.5 Å². The van der Waals surface area contributed by atoms with Crippen molar-refractivity contribution in [1.29, 1.82) is 0 Å². The molecule has 0 N–H and O–H groups in total. The van der Waals surface area contributed by atoms with Crippen LogP contribution in [0.25, 0.3) is 6.08 Å². The average molecular weight is 376 g/mol. The highest BCUT2D eigenvalue weighted by Gasteiger charge is 2.22. The van der Waals surface area contributed by atoms with Crippen LogP contribution in [-0.2, 0) is 16.2 Å². The molecule has 0 radical (unpaired) electrons. The number of rotatable bonds is 5. The van der Waals surface area contributed by atoms with Gasteiger partial charge in [0, 0.05) is 0 Å². The van der Waals surface area contributed by atoms with E-state index in [1.54, 1.807) is 37.3 Å². The third kappa shape index (κ3) is 3.86. The second-order valence-corrected chi connectivity index (χ2v) is 5.97. The van der Waals surface area contributed by atoms with Gasteiger partial charge in [-0.05, 0) is 48.4 Å². The molecular weight excluding hydrogens is 361 g/mol. The molecule has 26 heavy (non-hydrogen) atoms. The Morgan fingerprint density at radius 2 is 2.00 bits per heavy atom. The second-order valence-electron chi connectivity index (χ2n) is 5.56. The standard InChI is InChI=1S/C19H15ClFNO4/c1-11-15(19(23)26-22-11)7-13-8-16(20)18(17(9-13)24-2)25-10-12-3-5-14(21)6-4-12/h3-9H,10H2,1-2H3/b15-7-. The molecule has 0 aliphatic carbocycles. The van der Waals surface area contributed by atoms with Gasteiger partial charge in [-0.15, -0.1) is 0 Å². The van der Waals surface area contributed by atoms with Gasteiger partial charge in [0.25, 0.3) is 0 Å². The molecule has 5 nitrogen and oxygen atoms in total. The number of methoxy groups -OCH3 is 1. The number of ether oxygens (including phenoxy) is 2. The van der Waals surface area contributed by atoms with Crippen molar-refractivity contribution in [2.24, 2.45) is 5.16 Å². The first kappa shape index (κ1) is 17.9. The number of benzene rings is 2. The summed E-state index contributed by atoms with van der Waals surface area (Å²) in [5, 5.41) is 3.95. The maximum atomic E-state index is 13.0. The molecule has 0 aromatic heterocycles. The highest BCUT2D eigenvalue weighted by Crippen LogP contribution is 2.37. The van der Waals surface area contributed by atoms with Gasteiger partial charge in [0.05, 0.1) is 23.4 Å². The highest BCUT2D eigenvalue weighted by molar-refractivity contribution is 6.32. The van der Waals surface area contributed by atoms with E-state index >= 15 is 0 Å². The lowest BCUT2D eigenvalue weighted by Crippen LogP contribution is -2.02. The Hall–Kier alpha value is -2.86. The predicted octanol–water partition coefficient (Wildman–Crippen LogP) is 4.38. The maximum absolute atomic E-state index is 13.0. The highest BCUT2D eigenvalue weighted by atomic mass is 35.5. The van der Waals surface area contributed by atoms with Crippen molar-refractivity contribution in [3.05, 3.63) is 63.9 Å². The Kier molecular flexibility index (Phi) is 5.23. The van der Waals surface area contributed by atoms with E-state index in [9.17, 15) is 9.18 Å². The van der Waals surface area contributed by atoms with E-state index in [-0.39, 0.29) is 12.4 Å². The minimum absolute atomic E-state index is 0.203. The first-order valence-electron chi connectivity index (χ1n) is 7.70. The van der Waals surface area contributed by atoms with Crippen molar-refractivity contribution >= 4 is 29.4 Å². The van der Waals surface area contributed by atoms with Gasteiger partial charge in [-0.1, -0.05) is 28.9 Å². The van der Waals surface area contributed by atoms with E-state index in [4.69, 9.17) is 21.1 Å². The molecular formula is C19H15ClFNO4. The molecule has 1 aliphatic heterocycles. The fraction of sp³-hybridized carbons (Fsp3) is 0.158. The van der Waals surface area contributed by atoms with Crippen LogP contribution in [0.1, 0.15) is 18.1 Å².